The normalized spacial score (nSPS) is 11.9. The first-order chi connectivity index (χ1) is 7.67. The van der Waals surface area contributed by atoms with Crippen molar-refractivity contribution >= 4 is 34.7 Å². The van der Waals surface area contributed by atoms with Gasteiger partial charge in [0.1, 0.15) is 5.82 Å². The molecule has 0 spiro atoms. The molecule has 86 valence electrons. The van der Waals surface area contributed by atoms with Crippen molar-refractivity contribution in [3.05, 3.63) is 12.1 Å². The van der Waals surface area contributed by atoms with Gasteiger partial charge in [0.15, 0.2) is 5.65 Å². The maximum Gasteiger partial charge on any atom is 0.200 e. The van der Waals surface area contributed by atoms with Crippen LogP contribution in [-0.4, -0.2) is 42.6 Å². The molecule has 0 aliphatic heterocycles. The Morgan fingerprint density at radius 1 is 1.38 bits per heavy atom. The van der Waals surface area contributed by atoms with Gasteiger partial charge < -0.3 is 5.32 Å². The van der Waals surface area contributed by atoms with Gasteiger partial charge in [0.05, 0.1) is 5.54 Å². The Hall–Kier alpha value is -1.14. The van der Waals surface area contributed by atoms with Gasteiger partial charge in [-0.1, -0.05) is 0 Å². The molecule has 0 unspecified atom stereocenters. The first-order valence-corrected chi connectivity index (χ1v) is 5.69. The quantitative estimate of drug-likeness (QED) is 0.836. The topological polar surface area (TPSA) is 68.0 Å². The predicted molar refractivity (Wildman–Crippen MR) is 62.0 cm³/mol. The zero-order chi connectivity index (χ0) is 11.6. The van der Waals surface area contributed by atoms with Crippen molar-refractivity contribution in [3.8, 4) is 0 Å². The zero-order valence-corrected chi connectivity index (χ0v) is 10.1. The highest BCUT2D eigenvalue weighted by atomic mass is 35.5. The lowest BCUT2D eigenvalue weighted by atomic mass is 10.1. The van der Waals surface area contributed by atoms with Crippen LogP contribution in [0.25, 0.3) is 5.65 Å². The molecule has 6 nitrogen and oxygen atoms in total. The number of alkyl halides is 2. The van der Waals surface area contributed by atoms with Crippen LogP contribution in [0.3, 0.4) is 0 Å². The second-order valence-corrected chi connectivity index (χ2v) is 4.23. The highest BCUT2D eigenvalue weighted by molar-refractivity contribution is 6.22. The standard InChI is InChI=1S/C8H10Cl2N6/c1-8(4-9,5-10)11-6-2-3-7-12-14-15-16(7)13-6/h2-3H,4-5H2,1H3,(H,11,13). The number of hydrogen-bond donors (Lipinski definition) is 1. The van der Waals surface area contributed by atoms with Gasteiger partial charge in [-0.2, -0.15) is 0 Å². The van der Waals surface area contributed by atoms with Crippen LogP contribution in [0, 0.1) is 0 Å². The van der Waals surface area contributed by atoms with E-state index in [1.807, 2.05) is 6.92 Å². The molecule has 1 N–H and O–H groups in total. The van der Waals surface area contributed by atoms with E-state index in [0.717, 1.165) is 0 Å². The molecular formula is C8H10Cl2N6. The molecular weight excluding hydrogens is 251 g/mol. The first kappa shape index (κ1) is 11.3. The van der Waals surface area contributed by atoms with E-state index in [1.54, 1.807) is 12.1 Å². The number of nitrogens with one attached hydrogen (secondary N) is 1. The van der Waals surface area contributed by atoms with Crippen LogP contribution in [0.15, 0.2) is 12.1 Å². The largest absolute Gasteiger partial charge is 0.361 e. The lowest BCUT2D eigenvalue weighted by Crippen LogP contribution is -2.39. The number of nitrogens with zero attached hydrogens (tertiary/aromatic N) is 5. The Labute approximate surface area is 102 Å². The summed E-state index contributed by atoms with van der Waals surface area (Å²) in [5, 5.41) is 18.3. The van der Waals surface area contributed by atoms with Gasteiger partial charge in [0, 0.05) is 11.8 Å². The Morgan fingerprint density at radius 2 is 2.12 bits per heavy atom. The number of anilines is 1. The third-order valence-electron chi connectivity index (χ3n) is 2.09. The Balaban J connectivity index is 2.26. The number of fused-ring (bicyclic) bond motifs is 1. The number of rotatable bonds is 4. The van der Waals surface area contributed by atoms with Crippen LogP contribution < -0.4 is 5.32 Å². The van der Waals surface area contributed by atoms with Crippen molar-refractivity contribution in [1.82, 2.24) is 25.3 Å². The van der Waals surface area contributed by atoms with Gasteiger partial charge in [-0.05, 0) is 29.5 Å². The monoisotopic (exact) mass is 260 g/mol. The third kappa shape index (κ3) is 2.17. The maximum absolute atomic E-state index is 5.83. The molecule has 0 amide bonds. The van der Waals surface area contributed by atoms with Gasteiger partial charge in [0.25, 0.3) is 0 Å². The molecule has 0 fully saturated rings. The minimum absolute atomic E-state index is 0.381. The van der Waals surface area contributed by atoms with Crippen LogP contribution in [-0.2, 0) is 0 Å². The average Bonchev–Trinajstić information content (AvgIpc) is 2.76. The fraction of sp³-hybridized carbons (Fsp3) is 0.500. The molecule has 0 saturated heterocycles. The fourth-order valence-electron chi connectivity index (χ4n) is 1.13. The summed E-state index contributed by atoms with van der Waals surface area (Å²) in [4.78, 5) is 0. The smallest absolute Gasteiger partial charge is 0.200 e. The summed E-state index contributed by atoms with van der Waals surface area (Å²) in [6.45, 7) is 1.92. The number of tetrazole rings is 1. The van der Waals surface area contributed by atoms with E-state index in [4.69, 9.17) is 23.2 Å². The SMILES string of the molecule is CC(CCl)(CCl)Nc1ccc2nnnn2n1. The molecule has 0 atom stereocenters. The van der Waals surface area contributed by atoms with Gasteiger partial charge in [-0.3, -0.25) is 0 Å². The van der Waals surface area contributed by atoms with Crippen molar-refractivity contribution in [2.45, 2.75) is 12.5 Å². The van der Waals surface area contributed by atoms with Crippen molar-refractivity contribution < 1.29 is 0 Å². The van der Waals surface area contributed by atoms with Gasteiger partial charge >= 0.3 is 0 Å². The summed E-state index contributed by atoms with van der Waals surface area (Å²) in [5.41, 5.74) is 0.182. The molecule has 2 rings (SSSR count). The summed E-state index contributed by atoms with van der Waals surface area (Å²) < 4.78 is 1.34. The van der Waals surface area contributed by atoms with E-state index >= 15 is 0 Å². The fourth-order valence-corrected chi connectivity index (χ4v) is 1.55. The summed E-state index contributed by atoms with van der Waals surface area (Å²) in [5.74, 6) is 1.39. The molecule has 0 saturated carbocycles. The predicted octanol–water partition coefficient (Wildman–Crippen LogP) is 1.17. The Morgan fingerprint density at radius 3 is 2.81 bits per heavy atom. The number of hydrogen-bond acceptors (Lipinski definition) is 5. The highest BCUT2D eigenvalue weighted by Crippen LogP contribution is 2.16. The molecule has 0 aliphatic rings. The van der Waals surface area contributed by atoms with Crippen molar-refractivity contribution in [2.75, 3.05) is 17.1 Å². The molecule has 0 radical (unpaired) electrons. The lowest BCUT2D eigenvalue weighted by molar-refractivity contribution is 0.635. The lowest BCUT2D eigenvalue weighted by Gasteiger charge is -2.26. The van der Waals surface area contributed by atoms with E-state index in [0.29, 0.717) is 23.2 Å². The van der Waals surface area contributed by atoms with Crippen molar-refractivity contribution in [3.63, 3.8) is 0 Å². The summed E-state index contributed by atoms with van der Waals surface area (Å²) >= 11 is 11.7. The zero-order valence-electron chi connectivity index (χ0n) is 8.56. The number of halogens is 2. The van der Waals surface area contributed by atoms with Crippen LogP contribution >= 0.6 is 23.2 Å². The van der Waals surface area contributed by atoms with Crippen LogP contribution in [0.5, 0.6) is 0 Å². The Kier molecular flexibility index (Phi) is 3.11. The molecule has 0 bridgehead atoms. The second-order valence-electron chi connectivity index (χ2n) is 3.70. The third-order valence-corrected chi connectivity index (χ3v) is 3.27. The van der Waals surface area contributed by atoms with Crippen LogP contribution in [0.2, 0.25) is 0 Å². The van der Waals surface area contributed by atoms with Crippen molar-refractivity contribution in [1.29, 1.82) is 0 Å². The molecule has 2 aromatic rings. The molecule has 0 aliphatic carbocycles. The van der Waals surface area contributed by atoms with Gasteiger partial charge in [0.2, 0.25) is 0 Å². The first-order valence-electron chi connectivity index (χ1n) is 4.62. The molecule has 2 heterocycles. The van der Waals surface area contributed by atoms with Crippen molar-refractivity contribution in [2.24, 2.45) is 0 Å². The summed E-state index contributed by atoms with van der Waals surface area (Å²) in [7, 11) is 0. The minimum Gasteiger partial charge on any atom is -0.361 e. The van der Waals surface area contributed by atoms with E-state index in [-0.39, 0.29) is 0 Å². The van der Waals surface area contributed by atoms with Crippen LogP contribution in [0.1, 0.15) is 6.92 Å². The molecule has 8 heteroatoms. The van der Waals surface area contributed by atoms with E-state index < -0.39 is 5.54 Å². The average molecular weight is 261 g/mol. The molecule has 0 aromatic carbocycles. The Bertz CT molecular complexity index is 480. The van der Waals surface area contributed by atoms with Gasteiger partial charge in [-0.25, -0.2) is 0 Å². The second kappa shape index (κ2) is 4.39. The number of aromatic nitrogens is 5. The molecule has 2 aromatic heterocycles. The van der Waals surface area contributed by atoms with Gasteiger partial charge in [-0.15, -0.1) is 38.0 Å². The summed E-state index contributed by atoms with van der Waals surface area (Å²) in [6.07, 6.45) is 0. The summed E-state index contributed by atoms with van der Waals surface area (Å²) in [6, 6.07) is 3.54. The maximum atomic E-state index is 5.83. The highest BCUT2D eigenvalue weighted by Gasteiger charge is 2.22. The minimum atomic E-state index is -0.405. The van der Waals surface area contributed by atoms with Crippen LogP contribution in [0.4, 0.5) is 5.82 Å². The van der Waals surface area contributed by atoms with E-state index in [9.17, 15) is 0 Å². The molecule has 16 heavy (non-hydrogen) atoms. The van der Waals surface area contributed by atoms with E-state index in [2.05, 4.69) is 25.9 Å². The van der Waals surface area contributed by atoms with E-state index in [1.165, 1.54) is 4.63 Å².